The molecule has 0 bridgehead atoms. The Kier molecular flexibility index (Phi) is 5.79. The topological polar surface area (TPSA) is 88.2 Å². The van der Waals surface area contributed by atoms with Crippen LogP contribution >= 0.6 is 0 Å². The summed E-state index contributed by atoms with van der Waals surface area (Å²) in [5.74, 6) is 0.715. The van der Waals surface area contributed by atoms with E-state index in [0.717, 1.165) is 11.1 Å². The Hall–Kier alpha value is -3.55. The summed E-state index contributed by atoms with van der Waals surface area (Å²) in [4.78, 5) is 40.8. The summed E-state index contributed by atoms with van der Waals surface area (Å²) in [7, 11) is 3.07. The lowest BCUT2D eigenvalue weighted by Gasteiger charge is -2.28. The molecule has 8 nitrogen and oxygen atoms in total. The van der Waals surface area contributed by atoms with Crippen LogP contribution in [0.3, 0.4) is 0 Å². The Morgan fingerprint density at radius 2 is 1.81 bits per heavy atom. The van der Waals surface area contributed by atoms with Crippen molar-refractivity contribution in [1.82, 2.24) is 9.80 Å². The summed E-state index contributed by atoms with van der Waals surface area (Å²) in [5.41, 5.74) is 2.78. The van der Waals surface area contributed by atoms with E-state index in [1.54, 1.807) is 30.2 Å². The molecule has 0 aliphatic carbocycles. The van der Waals surface area contributed by atoms with E-state index in [-0.39, 0.29) is 30.8 Å². The van der Waals surface area contributed by atoms with Crippen molar-refractivity contribution in [2.45, 2.75) is 31.8 Å². The number of benzene rings is 2. The molecule has 2 aromatic carbocycles. The van der Waals surface area contributed by atoms with Crippen molar-refractivity contribution in [3.8, 4) is 11.5 Å². The highest BCUT2D eigenvalue weighted by Gasteiger charge is 2.46. The molecule has 2 aliphatic heterocycles. The summed E-state index contributed by atoms with van der Waals surface area (Å²) in [5, 5.41) is 2.80. The third-order valence-corrected chi connectivity index (χ3v) is 5.73. The average Bonchev–Trinajstić information content (AvgIpc) is 3.01. The van der Waals surface area contributed by atoms with Gasteiger partial charge in [-0.15, -0.1) is 0 Å². The van der Waals surface area contributed by atoms with Crippen molar-refractivity contribution in [3.05, 3.63) is 53.6 Å². The Morgan fingerprint density at radius 3 is 2.55 bits per heavy atom. The molecule has 0 spiro atoms. The first-order valence-electron chi connectivity index (χ1n) is 10.2. The SMILES string of the molecule is COc1ccc(NC(=O)CCCN2C(=O)[C@H]3Cc4ccccc4CN3C2=O)cc1OC. The second-order valence-corrected chi connectivity index (χ2v) is 7.61. The molecule has 0 saturated carbocycles. The van der Waals surface area contributed by atoms with Crippen LogP contribution in [0, 0.1) is 0 Å². The third-order valence-electron chi connectivity index (χ3n) is 5.73. The number of carbonyl (C=O) groups excluding carboxylic acids is 3. The van der Waals surface area contributed by atoms with Crippen LogP contribution in [0.25, 0.3) is 0 Å². The summed E-state index contributed by atoms with van der Waals surface area (Å²) >= 11 is 0. The largest absolute Gasteiger partial charge is 0.493 e. The van der Waals surface area contributed by atoms with Crippen molar-refractivity contribution >= 4 is 23.5 Å². The predicted octanol–water partition coefficient (Wildman–Crippen LogP) is 2.81. The van der Waals surface area contributed by atoms with Crippen LogP contribution in [-0.4, -0.2) is 54.5 Å². The molecule has 1 saturated heterocycles. The van der Waals surface area contributed by atoms with Gasteiger partial charge >= 0.3 is 6.03 Å². The van der Waals surface area contributed by atoms with Crippen LogP contribution < -0.4 is 14.8 Å². The van der Waals surface area contributed by atoms with Gasteiger partial charge in [0.15, 0.2) is 11.5 Å². The van der Waals surface area contributed by atoms with Gasteiger partial charge in [0, 0.05) is 37.7 Å². The van der Waals surface area contributed by atoms with Crippen LogP contribution in [0.4, 0.5) is 10.5 Å². The Bertz CT molecular complexity index is 979. The van der Waals surface area contributed by atoms with Gasteiger partial charge in [-0.2, -0.15) is 0 Å². The summed E-state index contributed by atoms with van der Waals surface area (Å²) < 4.78 is 10.4. The first kappa shape index (κ1) is 20.7. The van der Waals surface area contributed by atoms with Gasteiger partial charge in [0.2, 0.25) is 5.91 Å². The Labute approximate surface area is 180 Å². The second kappa shape index (κ2) is 8.67. The number of methoxy groups -OCH3 is 2. The van der Waals surface area contributed by atoms with Gasteiger partial charge in [-0.25, -0.2) is 4.79 Å². The van der Waals surface area contributed by atoms with E-state index in [2.05, 4.69) is 5.32 Å². The fourth-order valence-corrected chi connectivity index (χ4v) is 4.11. The standard InChI is InChI=1S/C23H25N3O5/c1-30-19-10-9-17(13-20(19)31-2)24-21(27)8-5-11-25-22(28)18-12-15-6-3-4-7-16(15)14-26(18)23(25)29/h3-4,6-7,9-10,13,18H,5,8,11-12,14H2,1-2H3,(H,24,27)/t18-/m1/s1. The number of anilines is 1. The van der Waals surface area contributed by atoms with E-state index in [0.29, 0.717) is 36.6 Å². The highest BCUT2D eigenvalue weighted by Crippen LogP contribution is 2.31. The molecule has 1 atom stereocenters. The fourth-order valence-electron chi connectivity index (χ4n) is 4.11. The number of fused-ring (bicyclic) bond motifs is 2. The summed E-state index contributed by atoms with van der Waals surface area (Å²) in [6, 6.07) is 12.3. The first-order valence-corrected chi connectivity index (χ1v) is 10.2. The summed E-state index contributed by atoms with van der Waals surface area (Å²) in [6.45, 7) is 0.669. The molecule has 0 radical (unpaired) electrons. The van der Waals surface area contributed by atoms with Crippen molar-refractivity contribution in [1.29, 1.82) is 0 Å². The Balaban J connectivity index is 1.31. The van der Waals surface area contributed by atoms with Crippen molar-refractivity contribution < 1.29 is 23.9 Å². The normalized spacial score (nSPS) is 17.3. The zero-order valence-corrected chi connectivity index (χ0v) is 17.6. The maximum absolute atomic E-state index is 12.8. The molecule has 4 rings (SSSR count). The molecular weight excluding hydrogens is 398 g/mol. The van der Waals surface area contributed by atoms with E-state index in [9.17, 15) is 14.4 Å². The Morgan fingerprint density at radius 1 is 1.06 bits per heavy atom. The number of imide groups is 1. The molecule has 1 fully saturated rings. The monoisotopic (exact) mass is 423 g/mol. The van der Waals surface area contributed by atoms with Crippen LogP contribution in [0.1, 0.15) is 24.0 Å². The van der Waals surface area contributed by atoms with E-state index in [1.165, 1.54) is 12.0 Å². The van der Waals surface area contributed by atoms with Crippen LogP contribution in [0.5, 0.6) is 11.5 Å². The first-order chi connectivity index (χ1) is 15.0. The minimum atomic E-state index is -0.442. The number of carbonyl (C=O) groups is 3. The van der Waals surface area contributed by atoms with Crippen LogP contribution in [0.2, 0.25) is 0 Å². The molecule has 31 heavy (non-hydrogen) atoms. The molecule has 2 aliphatic rings. The quantitative estimate of drug-likeness (QED) is 0.692. The smallest absolute Gasteiger partial charge is 0.327 e. The summed E-state index contributed by atoms with van der Waals surface area (Å²) in [6.07, 6.45) is 1.12. The van der Waals surface area contributed by atoms with E-state index in [1.807, 2.05) is 24.3 Å². The van der Waals surface area contributed by atoms with Crippen LogP contribution in [-0.2, 0) is 22.6 Å². The zero-order chi connectivity index (χ0) is 22.0. The van der Waals surface area contributed by atoms with E-state index in [4.69, 9.17) is 9.47 Å². The van der Waals surface area contributed by atoms with E-state index < -0.39 is 6.04 Å². The van der Waals surface area contributed by atoms with Crippen molar-refractivity contribution in [3.63, 3.8) is 0 Å². The molecule has 0 unspecified atom stereocenters. The van der Waals surface area contributed by atoms with Gasteiger partial charge in [-0.1, -0.05) is 24.3 Å². The number of amides is 4. The van der Waals surface area contributed by atoms with E-state index >= 15 is 0 Å². The van der Waals surface area contributed by atoms with Crippen LogP contribution in [0.15, 0.2) is 42.5 Å². The molecule has 2 aromatic rings. The lowest BCUT2D eigenvalue weighted by molar-refractivity contribution is -0.128. The number of ether oxygens (including phenoxy) is 2. The van der Waals surface area contributed by atoms with Gasteiger partial charge in [-0.05, 0) is 29.7 Å². The maximum atomic E-state index is 12.8. The number of urea groups is 1. The molecule has 4 amide bonds. The highest BCUT2D eigenvalue weighted by atomic mass is 16.5. The van der Waals surface area contributed by atoms with Gasteiger partial charge in [0.25, 0.3) is 5.91 Å². The molecule has 1 N–H and O–H groups in total. The number of rotatable bonds is 7. The second-order valence-electron chi connectivity index (χ2n) is 7.61. The number of nitrogens with zero attached hydrogens (tertiary/aromatic N) is 2. The number of nitrogens with one attached hydrogen (secondary N) is 1. The zero-order valence-electron chi connectivity index (χ0n) is 17.6. The molecular formula is C23H25N3O5. The highest BCUT2D eigenvalue weighted by molar-refractivity contribution is 6.04. The predicted molar refractivity (Wildman–Crippen MR) is 114 cm³/mol. The average molecular weight is 423 g/mol. The maximum Gasteiger partial charge on any atom is 0.327 e. The number of hydrogen-bond acceptors (Lipinski definition) is 5. The van der Waals surface area contributed by atoms with Crippen molar-refractivity contribution in [2.24, 2.45) is 0 Å². The molecule has 162 valence electrons. The molecule has 0 aromatic heterocycles. The minimum absolute atomic E-state index is 0.181. The lowest BCUT2D eigenvalue weighted by Crippen LogP contribution is -2.39. The van der Waals surface area contributed by atoms with Gasteiger partial charge in [0.05, 0.1) is 14.2 Å². The van der Waals surface area contributed by atoms with Gasteiger partial charge < -0.3 is 19.7 Å². The third kappa shape index (κ3) is 4.05. The number of hydrogen-bond donors (Lipinski definition) is 1. The van der Waals surface area contributed by atoms with Crippen molar-refractivity contribution in [2.75, 3.05) is 26.1 Å². The van der Waals surface area contributed by atoms with Gasteiger partial charge in [-0.3, -0.25) is 14.5 Å². The van der Waals surface area contributed by atoms with Gasteiger partial charge in [0.1, 0.15) is 6.04 Å². The fraction of sp³-hybridized carbons (Fsp3) is 0.348. The lowest BCUT2D eigenvalue weighted by atomic mass is 9.95. The minimum Gasteiger partial charge on any atom is -0.493 e. The molecule has 2 heterocycles. The molecule has 8 heteroatoms.